The van der Waals surface area contributed by atoms with Crippen LogP contribution in [-0.4, -0.2) is 0 Å². The summed E-state index contributed by atoms with van der Waals surface area (Å²) in [5.41, 5.74) is 12.3. The zero-order valence-corrected chi connectivity index (χ0v) is 24.3. The molecule has 0 amide bonds. The molecule has 7 aromatic carbocycles. The molecule has 0 radical (unpaired) electrons. The molecule has 7 rings (SSSR count). The monoisotopic (exact) mass is 539 g/mol. The predicted molar refractivity (Wildman–Crippen MR) is 181 cm³/mol. The second-order valence-electron chi connectivity index (χ2n) is 11.2. The van der Waals surface area contributed by atoms with E-state index in [1.807, 2.05) is 0 Å². The number of hydrogen-bond donors (Lipinski definition) is 0. The lowest BCUT2D eigenvalue weighted by atomic mass is 9.85. The molecule has 42 heavy (non-hydrogen) atoms. The number of benzene rings is 7. The van der Waals surface area contributed by atoms with E-state index in [9.17, 15) is 0 Å². The summed E-state index contributed by atoms with van der Waals surface area (Å²) in [6, 6.07) is 53.1. The number of rotatable bonds is 5. The Morgan fingerprint density at radius 1 is 0.381 bits per heavy atom. The fourth-order valence-electron chi connectivity index (χ4n) is 6.19. The highest BCUT2D eigenvalue weighted by molar-refractivity contribution is 6.21. The van der Waals surface area contributed by atoms with Crippen LogP contribution in [-0.2, 0) is 0 Å². The number of fused-ring (bicyclic) bond motifs is 2. The van der Waals surface area contributed by atoms with E-state index in [0.717, 1.165) is 17.1 Å². The Hall–Kier alpha value is -5.14. The molecule has 7 aromatic rings. The first-order valence-electron chi connectivity index (χ1n) is 14.6. The van der Waals surface area contributed by atoms with E-state index in [-0.39, 0.29) is 0 Å². The van der Waals surface area contributed by atoms with Gasteiger partial charge in [-0.15, -0.1) is 0 Å². The molecule has 0 unspecified atom stereocenters. The van der Waals surface area contributed by atoms with Crippen LogP contribution >= 0.6 is 0 Å². The van der Waals surface area contributed by atoms with Crippen LogP contribution in [0.5, 0.6) is 0 Å². The second-order valence-corrected chi connectivity index (χ2v) is 11.2. The van der Waals surface area contributed by atoms with Gasteiger partial charge < -0.3 is 4.90 Å². The molecule has 0 saturated carbocycles. The normalized spacial score (nSPS) is 11.2. The molecule has 0 aliphatic heterocycles. The molecule has 0 heterocycles. The summed E-state index contributed by atoms with van der Waals surface area (Å²) in [6.45, 7) is 6.51. The molecule has 1 nitrogen and oxygen atoms in total. The maximum absolute atomic E-state index is 2.38. The second kappa shape index (κ2) is 10.7. The van der Waals surface area contributed by atoms with Gasteiger partial charge in [0.1, 0.15) is 0 Å². The Bertz CT molecular complexity index is 1930. The fourth-order valence-corrected chi connectivity index (χ4v) is 6.19. The van der Waals surface area contributed by atoms with Crippen molar-refractivity contribution < 1.29 is 0 Å². The van der Waals surface area contributed by atoms with Crippen LogP contribution in [0.1, 0.15) is 16.7 Å². The summed E-state index contributed by atoms with van der Waals surface area (Å²) in [7, 11) is 0. The Kier molecular flexibility index (Phi) is 6.56. The molecule has 1 heteroatoms. The maximum atomic E-state index is 2.38. The lowest BCUT2D eigenvalue weighted by molar-refractivity contribution is 1.26. The average Bonchev–Trinajstić information content (AvgIpc) is 3.03. The Morgan fingerprint density at radius 3 is 1.31 bits per heavy atom. The minimum atomic E-state index is 1.14. The van der Waals surface area contributed by atoms with E-state index in [1.54, 1.807) is 0 Å². The van der Waals surface area contributed by atoms with E-state index in [1.165, 1.54) is 60.5 Å². The standard InChI is InChI=1S/C41H33N/c1-28-17-22-32(23-18-28)42(33-24-19-29(2)20-25-33)34-26-21-30(3)39(27-34)41-37-15-9-7-13-35(37)40(31-11-5-4-6-12-31)36-14-8-10-16-38(36)41/h4-27H,1-3H3. The number of hydrogen-bond acceptors (Lipinski definition) is 1. The minimum Gasteiger partial charge on any atom is -0.310 e. The van der Waals surface area contributed by atoms with Crippen molar-refractivity contribution >= 4 is 38.6 Å². The first kappa shape index (κ1) is 25.8. The maximum Gasteiger partial charge on any atom is 0.0467 e. The van der Waals surface area contributed by atoms with Crippen LogP contribution in [0.15, 0.2) is 146 Å². The molecule has 202 valence electrons. The molecule has 0 aliphatic rings. The first-order chi connectivity index (χ1) is 20.6. The van der Waals surface area contributed by atoms with Crippen LogP contribution in [0.2, 0.25) is 0 Å². The van der Waals surface area contributed by atoms with Crippen molar-refractivity contribution in [1.82, 2.24) is 0 Å². The van der Waals surface area contributed by atoms with Crippen LogP contribution < -0.4 is 4.90 Å². The molecule has 0 aromatic heterocycles. The van der Waals surface area contributed by atoms with Crippen molar-refractivity contribution in [3.63, 3.8) is 0 Å². The zero-order valence-electron chi connectivity index (χ0n) is 24.3. The SMILES string of the molecule is Cc1ccc(N(c2ccc(C)cc2)c2ccc(C)c(-c3c4ccccc4c(-c4ccccc4)c4ccccc34)c2)cc1. The first-order valence-corrected chi connectivity index (χ1v) is 14.6. The number of aryl methyl sites for hydroxylation is 3. The van der Waals surface area contributed by atoms with Crippen molar-refractivity contribution in [3.8, 4) is 22.3 Å². The van der Waals surface area contributed by atoms with Crippen LogP contribution in [0.25, 0.3) is 43.8 Å². The molecule has 0 spiro atoms. The average molecular weight is 540 g/mol. The van der Waals surface area contributed by atoms with Gasteiger partial charge >= 0.3 is 0 Å². The van der Waals surface area contributed by atoms with Gasteiger partial charge in [0, 0.05) is 17.1 Å². The molecule has 0 bridgehead atoms. The van der Waals surface area contributed by atoms with E-state index in [4.69, 9.17) is 0 Å². The Balaban J connectivity index is 1.52. The Labute approximate surface area is 248 Å². The van der Waals surface area contributed by atoms with E-state index in [0.29, 0.717) is 0 Å². The van der Waals surface area contributed by atoms with Crippen LogP contribution in [0.4, 0.5) is 17.1 Å². The molecule has 0 atom stereocenters. The Morgan fingerprint density at radius 2 is 0.810 bits per heavy atom. The highest BCUT2D eigenvalue weighted by Gasteiger charge is 2.19. The topological polar surface area (TPSA) is 3.24 Å². The lowest BCUT2D eigenvalue weighted by Crippen LogP contribution is -2.10. The van der Waals surface area contributed by atoms with Gasteiger partial charge in [-0.1, -0.05) is 120 Å². The third-order valence-electron chi connectivity index (χ3n) is 8.33. The minimum absolute atomic E-state index is 1.14. The van der Waals surface area contributed by atoms with Gasteiger partial charge in [0.05, 0.1) is 0 Å². The molecular weight excluding hydrogens is 506 g/mol. The van der Waals surface area contributed by atoms with Crippen molar-refractivity contribution in [1.29, 1.82) is 0 Å². The van der Waals surface area contributed by atoms with Gasteiger partial charge in [0.15, 0.2) is 0 Å². The lowest BCUT2D eigenvalue weighted by Gasteiger charge is -2.27. The molecule has 0 aliphatic carbocycles. The largest absolute Gasteiger partial charge is 0.310 e. The predicted octanol–water partition coefficient (Wildman–Crippen LogP) is 11.7. The van der Waals surface area contributed by atoms with Crippen molar-refractivity contribution in [2.24, 2.45) is 0 Å². The third-order valence-corrected chi connectivity index (χ3v) is 8.33. The number of anilines is 3. The third kappa shape index (κ3) is 4.54. The highest BCUT2D eigenvalue weighted by atomic mass is 15.1. The van der Waals surface area contributed by atoms with Gasteiger partial charge in [-0.2, -0.15) is 0 Å². The van der Waals surface area contributed by atoms with E-state index < -0.39 is 0 Å². The van der Waals surface area contributed by atoms with Gasteiger partial charge in [-0.05, 0) is 107 Å². The zero-order chi connectivity index (χ0) is 28.6. The van der Waals surface area contributed by atoms with Gasteiger partial charge in [-0.3, -0.25) is 0 Å². The molecule has 0 fully saturated rings. The summed E-state index contributed by atoms with van der Waals surface area (Å²) in [5.74, 6) is 0. The van der Waals surface area contributed by atoms with Crippen molar-refractivity contribution in [2.75, 3.05) is 4.90 Å². The molecule has 0 saturated heterocycles. The van der Waals surface area contributed by atoms with E-state index >= 15 is 0 Å². The van der Waals surface area contributed by atoms with Crippen LogP contribution in [0.3, 0.4) is 0 Å². The van der Waals surface area contributed by atoms with Crippen molar-refractivity contribution in [3.05, 3.63) is 162 Å². The summed E-state index contributed by atoms with van der Waals surface area (Å²) >= 11 is 0. The molecular formula is C41H33N. The summed E-state index contributed by atoms with van der Waals surface area (Å²) in [5, 5.41) is 5.09. The highest BCUT2D eigenvalue weighted by Crippen LogP contribution is 2.46. The van der Waals surface area contributed by atoms with Gasteiger partial charge in [0.25, 0.3) is 0 Å². The van der Waals surface area contributed by atoms with Crippen LogP contribution in [0, 0.1) is 20.8 Å². The van der Waals surface area contributed by atoms with Gasteiger partial charge in [0.2, 0.25) is 0 Å². The van der Waals surface area contributed by atoms with Gasteiger partial charge in [-0.25, -0.2) is 0 Å². The molecule has 0 N–H and O–H groups in total. The summed E-state index contributed by atoms with van der Waals surface area (Å²) < 4.78 is 0. The van der Waals surface area contributed by atoms with Crippen molar-refractivity contribution in [2.45, 2.75) is 20.8 Å². The smallest absolute Gasteiger partial charge is 0.0467 e. The summed E-state index contributed by atoms with van der Waals surface area (Å²) in [6.07, 6.45) is 0. The van der Waals surface area contributed by atoms with E-state index in [2.05, 4.69) is 171 Å². The quantitative estimate of drug-likeness (QED) is 0.197. The number of nitrogens with zero attached hydrogens (tertiary/aromatic N) is 1. The fraction of sp³-hybridized carbons (Fsp3) is 0.0732. The summed E-state index contributed by atoms with van der Waals surface area (Å²) in [4.78, 5) is 2.37.